The number of hydrogen-bond acceptors (Lipinski definition) is 6. The fourth-order valence-corrected chi connectivity index (χ4v) is 7.17. The highest BCUT2D eigenvalue weighted by Gasteiger charge is 2.31. The maximum atomic E-state index is 13.2. The minimum atomic E-state index is -3.39. The van der Waals surface area contributed by atoms with Crippen LogP contribution in [0, 0.1) is 0 Å². The molecule has 30 heavy (non-hydrogen) atoms. The minimum Gasteiger partial charge on any atom is -0.295 e. The summed E-state index contributed by atoms with van der Waals surface area (Å²) in [6.07, 6.45) is 3.24. The molecule has 3 aromatic rings. The molecule has 0 saturated carbocycles. The van der Waals surface area contributed by atoms with Gasteiger partial charge in [-0.2, -0.15) is 15.6 Å². The van der Waals surface area contributed by atoms with Crippen LogP contribution < -0.4 is 0 Å². The van der Waals surface area contributed by atoms with Gasteiger partial charge in [0, 0.05) is 49.0 Å². The van der Waals surface area contributed by atoms with Crippen LogP contribution in [-0.4, -0.2) is 48.8 Å². The predicted octanol–water partition coefficient (Wildman–Crippen LogP) is 4.31. The van der Waals surface area contributed by atoms with Crippen molar-refractivity contribution in [2.24, 2.45) is 0 Å². The molecule has 3 heterocycles. The molecular weight excluding hydrogens is 434 g/mol. The summed E-state index contributed by atoms with van der Waals surface area (Å²) in [5, 5.41) is 7.35. The Labute approximate surface area is 185 Å². The van der Waals surface area contributed by atoms with E-state index < -0.39 is 10.0 Å². The van der Waals surface area contributed by atoms with Crippen LogP contribution in [0.5, 0.6) is 0 Å². The quantitative estimate of drug-likeness (QED) is 0.573. The van der Waals surface area contributed by atoms with Crippen LogP contribution in [0.4, 0.5) is 0 Å². The molecule has 0 spiro atoms. The predicted molar refractivity (Wildman–Crippen MR) is 124 cm³/mol. The molecule has 0 atom stereocenters. The van der Waals surface area contributed by atoms with E-state index in [1.54, 1.807) is 27.0 Å². The van der Waals surface area contributed by atoms with Crippen molar-refractivity contribution in [1.82, 2.24) is 14.2 Å². The molecule has 0 radical (unpaired) electrons. The lowest BCUT2D eigenvalue weighted by atomic mass is 9.98. The van der Waals surface area contributed by atoms with Crippen molar-refractivity contribution in [3.8, 4) is 10.6 Å². The van der Waals surface area contributed by atoms with Gasteiger partial charge >= 0.3 is 0 Å². The van der Waals surface area contributed by atoms with Gasteiger partial charge in [0.15, 0.2) is 0 Å². The lowest BCUT2D eigenvalue weighted by Crippen LogP contribution is -2.48. The Kier molecular flexibility index (Phi) is 5.59. The highest BCUT2D eigenvalue weighted by molar-refractivity contribution is 7.93. The van der Waals surface area contributed by atoms with Crippen molar-refractivity contribution >= 4 is 38.8 Å². The van der Waals surface area contributed by atoms with E-state index in [4.69, 9.17) is 4.98 Å². The van der Waals surface area contributed by atoms with E-state index in [9.17, 15) is 8.42 Å². The summed E-state index contributed by atoms with van der Waals surface area (Å²) in [4.78, 5) is 7.60. The van der Waals surface area contributed by atoms with Crippen molar-refractivity contribution < 1.29 is 8.42 Å². The number of thiophene rings is 1. The van der Waals surface area contributed by atoms with E-state index in [-0.39, 0.29) is 0 Å². The van der Waals surface area contributed by atoms with E-state index in [1.807, 2.05) is 24.3 Å². The van der Waals surface area contributed by atoms with Gasteiger partial charge < -0.3 is 0 Å². The van der Waals surface area contributed by atoms with Crippen LogP contribution in [0.2, 0.25) is 0 Å². The fourth-order valence-electron chi connectivity index (χ4n) is 4.03. The molecule has 5 rings (SSSR count). The second kappa shape index (κ2) is 8.36. The fraction of sp³-hybridized carbons (Fsp3) is 0.318. The van der Waals surface area contributed by atoms with Crippen LogP contribution in [-0.2, 0) is 23.0 Å². The third-order valence-electron chi connectivity index (χ3n) is 5.72. The maximum Gasteiger partial charge on any atom is 0.239 e. The molecule has 1 aliphatic carbocycles. The average Bonchev–Trinajstić information content (AvgIpc) is 3.46. The number of aryl methyl sites for hydroxylation is 1. The Balaban J connectivity index is 1.22. The number of thiazole rings is 1. The molecule has 156 valence electrons. The van der Waals surface area contributed by atoms with Gasteiger partial charge in [-0.05, 0) is 41.5 Å². The first-order valence-corrected chi connectivity index (χ1v) is 13.3. The average molecular weight is 458 g/mol. The Hall–Kier alpha value is -1.84. The summed E-state index contributed by atoms with van der Waals surface area (Å²) in [7, 11) is -3.39. The molecule has 0 N–H and O–H groups in total. The second-order valence-electron chi connectivity index (χ2n) is 7.65. The van der Waals surface area contributed by atoms with Crippen molar-refractivity contribution in [3.63, 3.8) is 0 Å². The number of rotatable bonds is 5. The first-order chi connectivity index (χ1) is 14.6. The van der Waals surface area contributed by atoms with Crippen LogP contribution in [0.25, 0.3) is 16.6 Å². The van der Waals surface area contributed by atoms with E-state index in [0.717, 1.165) is 42.3 Å². The zero-order valence-electron chi connectivity index (χ0n) is 16.5. The molecule has 5 nitrogen and oxygen atoms in total. The summed E-state index contributed by atoms with van der Waals surface area (Å²) >= 11 is 3.35. The first-order valence-electron chi connectivity index (χ1n) is 10.1. The van der Waals surface area contributed by atoms with E-state index in [2.05, 4.69) is 33.2 Å². The number of benzene rings is 1. The SMILES string of the molecule is O=S(=O)(C1=Cc2ccccc2CC1)N1CCN(Cc2csc(-c3ccsc3)n2)CC1. The number of fused-ring (bicyclic) bond motifs is 1. The molecule has 2 aliphatic rings. The van der Waals surface area contributed by atoms with E-state index in [0.29, 0.717) is 24.4 Å². The van der Waals surface area contributed by atoms with Crippen molar-refractivity contribution in [2.75, 3.05) is 26.2 Å². The third kappa shape index (κ3) is 4.02. The van der Waals surface area contributed by atoms with E-state index in [1.165, 1.54) is 11.1 Å². The Morgan fingerprint density at radius 3 is 2.63 bits per heavy atom. The molecule has 2 aromatic heterocycles. The van der Waals surface area contributed by atoms with Gasteiger partial charge in [0.25, 0.3) is 0 Å². The van der Waals surface area contributed by atoms with E-state index >= 15 is 0 Å². The van der Waals surface area contributed by atoms with Gasteiger partial charge in [0.2, 0.25) is 10.0 Å². The molecule has 8 heteroatoms. The number of hydrogen-bond donors (Lipinski definition) is 0. The zero-order chi connectivity index (χ0) is 20.6. The van der Waals surface area contributed by atoms with Gasteiger partial charge in [0.05, 0.1) is 10.6 Å². The highest BCUT2D eigenvalue weighted by atomic mass is 32.2. The smallest absolute Gasteiger partial charge is 0.239 e. The summed E-state index contributed by atoms with van der Waals surface area (Å²) in [5.74, 6) is 0. The normalized spacial score (nSPS) is 18.2. The maximum absolute atomic E-state index is 13.2. The van der Waals surface area contributed by atoms with Crippen molar-refractivity contribution in [2.45, 2.75) is 19.4 Å². The molecule has 0 unspecified atom stereocenters. The Bertz CT molecular complexity index is 1160. The van der Waals surface area contributed by atoms with Crippen molar-refractivity contribution in [3.05, 3.63) is 68.2 Å². The number of piperazine rings is 1. The van der Waals surface area contributed by atoms with Crippen LogP contribution in [0.3, 0.4) is 0 Å². The van der Waals surface area contributed by atoms with Crippen LogP contribution >= 0.6 is 22.7 Å². The molecule has 1 saturated heterocycles. The highest BCUT2D eigenvalue weighted by Crippen LogP contribution is 2.30. The molecular formula is C22H23N3O2S3. The van der Waals surface area contributed by atoms with Crippen LogP contribution in [0.15, 0.2) is 51.4 Å². The molecule has 1 aliphatic heterocycles. The first kappa shape index (κ1) is 20.1. The topological polar surface area (TPSA) is 53.5 Å². The third-order valence-corrected chi connectivity index (χ3v) is 9.37. The zero-order valence-corrected chi connectivity index (χ0v) is 19.0. The standard InChI is InChI=1S/C22H23N3O2S3/c26-30(27,21-6-5-17-3-1-2-4-18(17)13-21)25-10-8-24(9-11-25)14-20-16-29-22(23-20)19-7-12-28-15-19/h1-4,7,12-13,15-16H,5-6,8-11,14H2. The monoisotopic (exact) mass is 457 g/mol. The Morgan fingerprint density at radius 2 is 1.83 bits per heavy atom. The van der Waals surface area contributed by atoms with Gasteiger partial charge in [0.1, 0.15) is 5.01 Å². The summed E-state index contributed by atoms with van der Waals surface area (Å²) in [5.41, 5.74) is 4.50. The molecule has 1 fully saturated rings. The number of nitrogens with zero attached hydrogens (tertiary/aromatic N) is 3. The summed E-state index contributed by atoms with van der Waals surface area (Å²) in [6, 6.07) is 10.1. The van der Waals surface area contributed by atoms with Gasteiger partial charge in [-0.25, -0.2) is 13.4 Å². The summed E-state index contributed by atoms with van der Waals surface area (Å²) < 4.78 is 28.0. The lowest BCUT2D eigenvalue weighted by molar-refractivity contribution is 0.181. The number of allylic oxidation sites excluding steroid dienone is 1. The molecule has 1 aromatic carbocycles. The van der Waals surface area contributed by atoms with Crippen molar-refractivity contribution in [1.29, 1.82) is 0 Å². The summed E-state index contributed by atoms with van der Waals surface area (Å²) in [6.45, 7) is 3.29. The number of aromatic nitrogens is 1. The van der Waals surface area contributed by atoms with Crippen LogP contribution in [0.1, 0.15) is 23.2 Å². The van der Waals surface area contributed by atoms with Gasteiger partial charge in [-0.1, -0.05) is 24.3 Å². The Morgan fingerprint density at radius 1 is 1.00 bits per heavy atom. The molecule has 0 amide bonds. The lowest BCUT2D eigenvalue weighted by Gasteiger charge is -2.34. The minimum absolute atomic E-state index is 0.531. The van der Waals surface area contributed by atoms with Gasteiger partial charge in [-0.3, -0.25) is 4.90 Å². The largest absolute Gasteiger partial charge is 0.295 e. The molecule has 0 bridgehead atoms. The second-order valence-corrected chi connectivity index (χ2v) is 11.3. The van der Waals surface area contributed by atoms with Gasteiger partial charge in [-0.15, -0.1) is 11.3 Å². The number of sulfonamides is 1.